The first-order valence-electron chi connectivity index (χ1n) is 6.35. The van der Waals surface area contributed by atoms with Gasteiger partial charge in [-0.1, -0.05) is 25.1 Å². The fourth-order valence-corrected chi connectivity index (χ4v) is 2.46. The molecule has 2 unspecified atom stereocenters. The van der Waals surface area contributed by atoms with Crippen LogP contribution in [0.3, 0.4) is 0 Å². The molecule has 1 aromatic carbocycles. The number of rotatable bonds is 3. The van der Waals surface area contributed by atoms with Crippen LogP contribution in [0.1, 0.15) is 38.3 Å². The Hall–Kier alpha value is -1.06. The highest BCUT2D eigenvalue weighted by atomic mass is 16.3. The summed E-state index contributed by atoms with van der Waals surface area (Å²) in [5.41, 5.74) is 7.94. The molecule has 0 amide bonds. The Morgan fingerprint density at radius 1 is 1.47 bits per heavy atom. The first-order valence-corrected chi connectivity index (χ1v) is 6.35. The van der Waals surface area contributed by atoms with E-state index in [0.717, 1.165) is 19.4 Å². The molecule has 3 N–H and O–H groups in total. The van der Waals surface area contributed by atoms with Crippen molar-refractivity contribution in [3.8, 4) is 0 Å². The summed E-state index contributed by atoms with van der Waals surface area (Å²) in [6.45, 7) is 5.60. The van der Waals surface area contributed by atoms with E-state index in [9.17, 15) is 5.11 Å². The van der Waals surface area contributed by atoms with Gasteiger partial charge < -0.3 is 15.7 Å². The quantitative estimate of drug-likeness (QED) is 0.841. The van der Waals surface area contributed by atoms with Crippen molar-refractivity contribution in [2.45, 2.75) is 38.3 Å². The first kappa shape index (κ1) is 12.4. The van der Waals surface area contributed by atoms with Crippen molar-refractivity contribution in [2.75, 3.05) is 18.0 Å². The van der Waals surface area contributed by atoms with Gasteiger partial charge in [0.15, 0.2) is 0 Å². The molecule has 0 aromatic heterocycles. The number of anilines is 1. The average Bonchev–Trinajstić information content (AvgIpc) is 2.68. The SMILES string of the molecule is CCC(N)c1ccccc1N1CCC(C)(O)C1. The lowest BCUT2D eigenvalue weighted by Crippen LogP contribution is -2.30. The third kappa shape index (κ3) is 2.61. The number of aliphatic hydroxyl groups is 1. The van der Waals surface area contributed by atoms with E-state index in [1.807, 2.05) is 19.1 Å². The van der Waals surface area contributed by atoms with Crippen LogP contribution >= 0.6 is 0 Å². The predicted molar refractivity (Wildman–Crippen MR) is 71.1 cm³/mol. The van der Waals surface area contributed by atoms with E-state index in [2.05, 4.69) is 24.0 Å². The Morgan fingerprint density at radius 2 is 2.18 bits per heavy atom. The Kier molecular flexibility index (Phi) is 3.40. The van der Waals surface area contributed by atoms with Crippen LogP contribution in [-0.4, -0.2) is 23.8 Å². The summed E-state index contributed by atoms with van der Waals surface area (Å²) >= 11 is 0. The Balaban J connectivity index is 2.27. The lowest BCUT2D eigenvalue weighted by Gasteiger charge is -2.25. The van der Waals surface area contributed by atoms with Gasteiger partial charge >= 0.3 is 0 Å². The highest BCUT2D eigenvalue weighted by Gasteiger charge is 2.32. The van der Waals surface area contributed by atoms with Crippen molar-refractivity contribution in [3.05, 3.63) is 29.8 Å². The smallest absolute Gasteiger partial charge is 0.0810 e. The second-order valence-corrected chi connectivity index (χ2v) is 5.24. The van der Waals surface area contributed by atoms with Gasteiger partial charge in [-0.2, -0.15) is 0 Å². The summed E-state index contributed by atoms with van der Waals surface area (Å²) in [6.07, 6.45) is 1.75. The molecule has 0 saturated carbocycles. The fourth-order valence-electron chi connectivity index (χ4n) is 2.46. The molecule has 1 aromatic rings. The summed E-state index contributed by atoms with van der Waals surface area (Å²) < 4.78 is 0. The second-order valence-electron chi connectivity index (χ2n) is 5.24. The number of hydrogen-bond acceptors (Lipinski definition) is 3. The van der Waals surface area contributed by atoms with Gasteiger partial charge in [0.2, 0.25) is 0 Å². The number of benzene rings is 1. The van der Waals surface area contributed by atoms with Crippen molar-refractivity contribution in [1.29, 1.82) is 0 Å². The molecular formula is C14H22N2O. The van der Waals surface area contributed by atoms with E-state index in [0.29, 0.717) is 6.54 Å². The lowest BCUT2D eigenvalue weighted by atomic mass is 10.0. The third-order valence-corrected chi connectivity index (χ3v) is 3.57. The number of nitrogens with zero attached hydrogens (tertiary/aromatic N) is 1. The van der Waals surface area contributed by atoms with Crippen molar-refractivity contribution < 1.29 is 5.11 Å². The molecule has 1 aliphatic heterocycles. The molecule has 3 heteroatoms. The number of β-amino-alcohol motifs (C(OH)–C–C–N with tert-alkyl or cyclic N) is 1. The molecule has 0 radical (unpaired) electrons. The summed E-state index contributed by atoms with van der Waals surface area (Å²) in [5.74, 6) is 0. The van der Waals surface area contributed by atoms with Crippen LogP contribution in [0.4, 0.5) is 5.69 Å². The van der Waals surface area contributed by atoms with Crippen LogP contribution in [0.2, 0.25) is 0 Å². The zero-order chi connectivity index (χ0) is 12.5. The first-order chi connectivity index (χ1) is 8.03. The molecule has 0 spiro atoms. The topological polar surface area (TPSA) is 49.5 Å². The molecule has 17 heavy (non-hydrogen) atoms. The largest absolute Gasteiger partial charge is 0.388 e. The minimum Gasteiger partial charge on any atom is -0.388 e. The monoisotopic (exact) mass is 234 g/mol. The van der Waals surface area contributed by atoms with Gasteiger partial charge in [-0.15, -0.1) is 0 Å². The zero-order valence-corrected chi connectivity index (χ0v) is 10.7. The molecule has 3 nitrogen and oxygen atoms in total. The standard InChI is InChI=1S/C14H22N2O/c1-3-12(15)11-6-4-5-7-13(11)16-9-8-14(2,17)10-16/h4-7,12,17H,3,8-10,15H2,1-2H3. The van der Waals surface area contributed by atoms with Crippen molar-refractivity contribution in [2.24, 2.45) is 5.73 Å². The molecule has 1 saturated heterocycles. The van der Waals surface area contributed by atoms with Crippen LogP contribution in [0.5, 0.6) is 0 Å². The minimum atomic E-state index is -0.566. The van der Waals surface area contributed by atoms with Gasteiger partial charge in [-0.05, 0) is 31.4 Å². The van der Waals surface area contributed by atoms with Crippen LogP contribution in [0.15, 0.2) is 24.3 Å². The molecule has 1 heterocycles. The molecular weight excluding hydrogens is 212 g/mol. The molecule has 94 valence electrons. The maximum atomic E-state index is 10.0. The molecule has 0 bridgehead atoms. The van der Waals surface area contributed by atoms with Crippen LogP contribution in [0.25, 0.3) is 0 Å². The average molecular weight is 234 g/mol. The predicted octanol–water partition coefficient (Wildman–Crippen LogP) is 2.06. The number of nitrogens with two attached hydrogens (primary N) is 1. The van der Waals surface area contributed by atoms with Gasteiger partial charge in [0, 0.05) is 24.8 Å². The Bertz CT molecular complexity index is 390. The van der Waals surface area contributed by atoms with Gasteiger partial charge in [0.05, 0.1) is 5.60 Å². The number of para-hydroxylation sites is 1. The van der Waals surface area contributed by atoms with E-state index in [4.69, 9.17) is 5.73 Å². The number of hydrogen-bond donors (Lipinski definition) is 2. The van der Waals surface area contributed by atoms with Crippen molar-refractivity contribution in [3.63, 3.8) is 0 Å². The second kappa shape index (κ2) is 4.67. The van der Waals surface area contributed by atoms with E-state index < -0.39 is 5.60 Å². The van der Waals surface area contributed by atoms with E-state index >= 15 is 0 Å². The van der Waals surface area contributed by atoms with Crippen LogP contribution in [0, 0.1) is 0 Å². The molecule has 2 atom stereocenters. The summed E-state index contributed by atoms with van der Waals surface area (Å²) in [6, 6.07) is 8.34. The maximum Gasteiger partial charge on any atom is 0.0810 e. The lowest BCUT2D eigenvalue weighted by molar-refractivity contribution is 0.0839. The van der Waals surface area contributed by atoms with Gasteiger partial charge in [0.25, 0.3) is 0 Å². The van der Waals surface area contributed by atoms with Crippen molar-refractivity contribution >= 4 is 5.69 Å². The van der Waals surface area contributed by atoms with E-state index in [1.54, 1.807) is 0 Å². The van der Waals surface area contributed by atoms with Crippen LogP contribution in [-0.2, 0) is 0 Å². The highest BCUT2D eigenvalue weighted by Crippen LogP contribution is 2.32. The normalized spacial score (nSPS) is 26.2. The highest BCUT2D eigenvalue weighted by molar-refractivity contribution is 5.56. The molecule has 2 rings (SSSR count). The van der Waals surface area contributed by atoms with Crippen LogP contribution < -0.4 is 10.6 Å². The van der Waals surface area contributed by atoms with Gasteiger partial charge in [-0.3, -0.25) is 0 Å². The van der Waals surface area contributed by atoms with Crippen molar-refractivity contribution in [1.82, 2.24) is 0 Å². The van der Waals surface area contributed by atoms with Gasteiger partial charge in [0.1, 0.15) is 0 Å². The Labute approximate surface area is 103 Å². The maximum absolute atomic E-state index is 10.0. The summed E-state index contributed by atoms with van der Waals surface area (Å²) in [7, 11) is 0. The summed E-state index contributed by atoms with van der Waals surface area (Å²) in [5, 5.41) is 10.0. The summed E-state index contributed by atoms with van der Waals surface area (Å²) in [4.78, 5) is 2.24. The minimum absolute atomic E-state index is 0.0803. The van der Waals surface area contributed by atoms with E-state index in [1.165, 1.54) is 11.3 Å². The Morgan fingerprint density at radius 3 is 2.76 bits per heavy atom. The molecule has 1 aliphatic rings. The molecule has 1 fully saturated rings. The van der Waals surface area contributed by atoms with E-state index in [-0.39, 0.29) is 6.04 Å². The molecule has 0 aliphatic carbocycles. The zero-order valence-electron chi connectivity index (χ0n) is 10.7. The van der Waals surface area contributed by atoms with Gasteiger partial charge in [-0.25, -0.2) is 0 Å². The third-order valence-electron chi connectivity index (χ3n) is 3.57. The fraction of sp³-hybridized carbons (Fsp3) is 0.571.